The van der Waals surface area contributed by atoms with Crippen molar-refractivity contribution in [2.45, 2.75) is 32.2 Å². The van der Waals surface area contributed by atoms with Crippen molar-refractivity contribution in [2.75, 3.05) is 26.3 Å². The van der Waals surface area contributed by atoms with Crippen molar-refractivity contribution in [3.63, 3.8) is 0 Å². The van der Waals surface area contributed by atoms with Crippen molar-refractivity contribution >= 4 is 17.2 Å². The molecule has 7 nitrogen and oxygen atoms in total. The Hall–Kier alpha value is -3.02. The van der Waals surface area contributed by atoms with E-state index < -0.39 is 23.8 Å². The summed E-state index contributed by atoms with van der Waals surface area (Å²) in [6.45, 7) is 6.03. The molecular formula is C24H25F3N4O3S. The molecule has 3 aromatic rings. The van der Waals surface area contributed by atoms with Crippen molar-refractivity contribution in [1.29, 1.82) is 0 Å². The third-order valence-corrected chi connectivity index (χ3v) is 6.36. The summed E-state index contributed by atoms with van der Waals surface area (Å²) in [5.74, 6) is 0.103. The predicted molar refractivity (Wildman–Crippen MR) is 126 cm³/mol. The lowest BCUT2D eigenvalue weighted by atomic mass is 10.1. The van der Waals surface area contributed by atoms with Gasteiger partial charge in [-0.15, -0.1) is 11.3 Å². The molecule has 186 valence electrons. The van der Waals surface area contributed by atoms with E-state index in [4.69, 9.17) is 9.47 Å². The minimum atomic E-state index is -4.52. The number of carbonyl (C=O) groups is 1. The SMILES string of the molecule is Cc1cnc(-c2cc(OC[C@@H]3CNCCO3)cc(C(=O)NC(C)c3ccc(C(F)(F)F)nc3)c2)s1. The molecular weight excluding hydrogens is 481 g/mol. The number of halogens is 3. The zero-order chi connectivity index (χ0) is 25.0. The van der Waals surface area contributed by atoms with Crippen molar-refractivity contribution in [3.8, 4) is 16.3 Å². The van der Waals surface area contributed by atoms with Gasteiger partial charge in [0.15, 0.2) is 0 Å². The van der Waals surface area contributed by atoms with Gasteiger partial charge in [0.2, 0.25) is 0 Å². The number of nitrogens with one attached hydrogen (secondary N) is 2. The number of thiazole rings is 1. The van der Waals surface area contributed by atoms with Crippen LogP contribution in [-0.4, -0.2) is 48.3 Å². The molecule has 1 unspecified atom stereocenters. The quantitative estimate of drug-likeness (QED) is 0.495. The summed E-state index contributed by atoms with van der Waals surface area (Å²) in [6, 6.07) is 6.83. The number of pyridine rings is 1. The van der Waals surface area contributed by atoms with Gasteiger partial charge in [-0.25, -0.2) is 4.98 Å². The average molecular weight is 507 g/mol. The lowest BCUT2D eigenvalue weighted by molar-refractivity contribution is -0.141. The molecule has 0 aliphatic carbocycles. The molecule has 2 N–H and O–H groups in total. The largest absolute Gasteiger partial charge is 0.491 e. The van der Waals surface area contributed by atoms with E-state index >= 15 is 0 Å². The molecule has 1 fully saturated rings. The molecule has 1 aliphatic heterocycles. The number of alkyl halides is 3. The van der Waals surface area contributed by atoms with E-state index in [2.05, 4.69) is 20.6 Å². The van der Waals surface area contributed by atoms with Crippen molar-refractivity contribution in [3.05, 3.63) is 64.4 Å². The molecule has 35 heavy (non-hydrogen) atoms. The molecule has 2 atom stereocenters. The molecule has 1 amide bonds. The molecule has 0 bridgehead atoms. The summed E-state index contributed by atoms with van der Waals surface area (Å²) in [5.41, 5.74) is 0.554. The van der Waals surface area contributed by atoms with E-state index in [1.54, 1.807) is 25.3 Å². The molecule has 3 heterocycles. The smallest absolute Gasteiger partial charge is 0.433 e. The number of hydrogen-bond donors (Lipinski definition) is 2. The number of aryl methyl sites for hydroxylation is 1. The normalized spacial score (nSPS) is 17.1. The molecule has 4 rings (SSSR count). The molecule has 2 aromatic heterocycles. The number of carbonyl (C=O) groups excluding carboxylic acids is 1. The Morgan fingerprint density at radius 3 is 2.74 bits per heavy atom. The van der Waals surface area contributed by atoms with E-state index in [1.165, 1.54) is 17.4 Å². The Balaban J connectivity index is 1.52. The number of nitrogens with zero attached hydrogens (tertiary/aromatic N) is 2. The van der Waals surface area contributed by atoms with Crippen molar-refractivity contribution < 1.29 is 27.4 Å². The highest BCUT2D eigenvalue weighted by atomic mass is 32.1. The summed E-state index contributed by atoms with van der Waals surface area (Å²) in [4.78, 5) is 22.0. The highest BCUT2D eigenvalue weighted by molar-refractivity contribution is 7.14. The average Bonchev–Trinajstić information content (AvgIpc) is 3.29. The van der Waals surface area contributed by atoms with E-state index in [-0.39, 0.29) is 6.10 Å². The van der Waals surface area contributed by atoms with Crippen molar-refractivity contribution in [1.82, 2.24) is 20.6 Å². The number of amides is 1. The minimum Gasteiger partial charge on any atom is -0.491 e. The summed E-state index contributed by atoms with van der Waals surface area (Å²) < 4.78 is 50.0. The number of rotatable bonds is 7. The number of benzene rings is 1. The van der Waals surface area contributed by atoms with Gasteiger partial charge in [-0.3, -0.25) is 9.78 Å². The van der Waals surface area contributed by atoms with Crippen LogP contribution in [0, 0.1) is 6.92 Å². The Kier molecular flexibility index (Phi) is 7.68. The van der Waals surface area contributed by atoms with Gasteiger partial charge in [0.1, 0.15) is 29.2 Å². The van der Waals surface area contributed by atoms with E-state index in [0.717, 1.165) is 34.3 Å². The monoisotopic (exact) mass is 506 g/mol. The Morgan fingerprint density at radius 2 is 2.11 bits per heavy atom. The highest BCUT2D eigenvalue weighted by Gasteiger charge is 2.32. The molecule has 11 heteroatoms. The third-order valence-electron chi connectivity index (χ3n) is 5.40. The fourth-order valence-corrected chi connectivity index (χ4v) is 4.29. The molecule has 1 aliphatic rings. The number of ether oxygens (including phenoxy) is 2. The number of morpholine rings is 1. The lowest BCUT2D eigenvalue weighted by Crippen LogP contribution is -2.41. The van der Waals surface area contributed by atoms with Crippen LogP contribution in [0.3, 0.4) is 0 Å². The molecule has 0 radical (unpaired) electrons. The van der Waals surface area contributed by atoms with Crippen LogP contribution < -0.4 is 15.4 Å². The standard InChI is InChI=1S/C24H25F3N4O3S/c1-14-10-30-23(35-14)18-7-17(8-19(9-18)34-13-20-12-28-5-6-33-20)22(32)31-15(2)16-3-4-21(29-11-16)24(25,26)27/h3-4,7-11,15,20,28H,5-6,12-13H2,1-2H3,(H,31,32)/t15?,20-/m0/s1. The maximum absolute atomic E-state index is 13.1. The highest BCUT2D eigenvalue weighted by Crippen LogP contribution is 2.30. The topological polar surface area (TPSA) is 85.4 Å². The van der Waals surface area contributed by atoms with Gasteiger partial charge in [-0.05, 0) is 43.7 Å². The second-order valence-corrected chi connectivity index (χ2v) is 9.43. The second-order valence-electron chi connectivity index (χ2n) is 8.20. The Morgan fingerprint density at radius 1 is 1.29 bits per heavy atom. The van der Waals surface area contributed by atoms with Gasteiger partial charge >= 0.3 is 6.18 Å². The number of hydrogen-bond acceptors (Lipinski definition) is 7. The molecule has 1 aromatic carbocycles. The first-order valence-corrected chi connectivity index (χ1v) is 11.9. The maximum Gasteiger partial charge on any atom is 0.433 e. The first-order valence-electron chi connectivity index (χ1n) is 11.1. The Labute approximate surface area is 204 Å². The van der Waals surface area contributed by atoms with E-state index in [1.807, 2.05) is 13.0 Å². The van der Waals surface area contributed by atoms with Gasteiger partial charge in [-0.2, -0.15) is 13.2 Å². The summed E-state index contributed by atoms with van der Waals surface area (Å²) in [7, 11) is 0. The fourth-order valence-electron chi connectivity index (χ4n) is 3.53. The van der Waals surface area contributed by atoms with E-state index in [9.17, 15) is 18.0 Å². The molecule has 0 saturated carbocycles. The first-order chi connectivity index (χ1) is 16.7. The Bertz CT molecular complexity index is 1160. The van der Waals surface area contributed by atoms with Crippen LogP contribution in [0.25, 0.3) is 10.6 Å². The fraction of sp³-hybridized carbons (Fsp3) is 0.375. The van der Waals surface area contributed by atoms with Gasteiger partial charge in [0.05, 0.1) is 12.6 Å². The zero-order valence-corrected chi connectivity index (χ0v) is 20.0. The molecule has 1 saturated heterocycles. The summed E-state index contributed by atoms with van der Waals surface area (Å²) in [6.07, 6.45) is -1.74. The van der Waals surface area contributed by atoms with Crippen molar-refractivity contribution in [2.24, 2.45) is 0 Å². The van der Waals surface area contributed by atoms with Crippen LogP contribution >= 0.6 is 11.3 Å². The second kappa shape index (κ2) is 10.7. The lowest BCUT2D eigenvalue weighted by Gasteiger charge is -2.23. The van der Waals surface area contributed by atoms with Crippen LogP contribution in [0.2, 0.25) is 0 Å². The first kappa shape index (κ1) is 25.1. The van der Waals surface area contributed by atoms with Gasteiger partial charge < -0.3 is 20.1 Å². The minimum absolute atomic E-state index is 0.0982. The summed E-state index contributed by atoms with van der Waals surface area (Å²) >= 11 is 1.50. The predicted octanol–water partition coefficient (Wildman–Crippen LogP) is 4.39. The van der Waals surface area contributed by atoms with Gasteiger partial charge in [0, 0.05) is 41.5 Å². The third kappa shape index (κ3) is 6.56. The van der Waals surface area contributed by atoms with Crippen LogP contribution in [0.4, 0.5) is 13.2 Å². The van der Waals surface area contributed by atoms with Crippen LogP contribution in [0.5, 0.6) is 5.75 Å². The van der Waals surface area contributed by atoms with Gasteiger partial charge in [0.25, 0.3) is 5.91 Å². The zero-order valence-electron chi connectivity index (χ0n) is 19.2. The van der Waals surface area contributed by atoms with Crippen LogP contribution in [0.1, 0.15) is 39.5 Å². The maximum atomic E-state index is 13.1. The number of aromatic nitrogens is 2. The molecule has 0 spiro atoms. The van der Waals surface area contributed by atoms with E-state index in [0.29, 0.717) is 36.6 Å². The van der Waals surface area contributed by atoms with Gasteiger partial charge in [-0.1, -0.05) is 6.07 Å². The van der Waals surface area contributed by atoms with Crippen LogP contribution in [0.15, 0.2) is 42.7 Å². The summed E-state index contributed by atoms with van der Waals surface area (Å²) in [5, 5.41) is 6.81. The van der Waals surface area contributed by atoms with Crippen LogP contribution in [-0.2, 0) is 10.9 Å².